The lowest BCUT2D eigenvalue weighted by Gasteiger charge is -2.23. The van der Waals surface area contributed by atoms with Gasteiger partial charge in [0.2, 0.25) is 0 Å². The number of halogens is 1. The fourth-order valence-electron chi connectivity index (χ4n) is 4.53. The van der Waals surface area contributed by atoms with Crippen LogP contribution < -0.4 is 0 Å². The third kappa shape index (κ3) is 9.18. The van der Waals surface area contributed by atoms with E-state index >= 15 is 0 Å². The molecule has 0 amide bonds. The van der Waals surface area contributed by atoms with E-state index in [-0.39, 0.29) is 11.7 Å². The highest BCUT2D eigenvalue weighted by Gasteiger charge is 2.17. The van der Waals surface area contributed by atoms with Crippen LogP contribution in [0, 0.1) is 29.0 Å². The summed E-state index contributed by atoms with van der Waals surface area (Å²) >= 11 is 0. The molecule has 2 atom stereocenters. The zero-order valence-corrected chi connectivity index (χ0v) is 21.7. The summed E-state index contributed by atoms with van der Waals surface area (Å²) in [6.45, 7) is 15.2. The molecule has 1 nitrogen and oxygen atoms in total. The van der Waals surface area contributed by atoms with Crippen LogP contribution in [0.3, 0.4) is 0 Å². The smallest absolute Gasteiger partial charge is 0.123 e. The van der Waals surface area contributed by atoms with Crippen LogP contribution in [0.4, 0.5) is 4.39 Å². The second kappa shape index (κ2) is 14.9. The van der Waals surface area contributed by atoms with Gasteiger partial charge in [-0.25, -0.2) is 4.39 Å². The zero-order valence-electron chi connectivity index (χ0n) is 21.7. The Kier molecular flexibility index (Phi) is 12.0. The lowest BCUT2D eigenvalue weighted by molar-refractivity contribution is 0.435. The Bertz CT molecular complexity index is 1080. The second-order valence-electron chi connectivity index (χ2n) is 9.54. The molecule has 0 saturated carbocycles. The number of hydrogen-bond acceptors (Lipinski definition) is 1. The summed E-state index contributed by atoms with van der Waals surface area (Å²) in [7, 11) is 0. The first-order valence-corrected chi connectivity index (χ1v) is 12.8. The standard InChI is InChI=1S/C33H40FN/c1-6-8-13-25(3)22-29(7-2)33(21-20-27(5)32-19-10-9-17-30(32)24-35)26(4)14-11-15-28-16-12-18-31(34)23-28/h7,9-10,12,16-21,23,25,29H,2,4,6,8,11,13-15,22H2,1,3,5H3/b27-20+,33-21+. The first-order valence-electron chi connectivity index (χ1n) is 12.8. The van der Waals surface area contributed by atoms with Crippen molar-refractivity contribution in [3.63, 3.8) is 0 Å². The van der Waals surface area contributed by atoms with E-state index in [2.05, 4.69) is 51.3 Å². The van der Waals surface area contributed by atoms with E-state index in [1.165, 1.54) is 30.9 Å². The van der Waals surface area contributed by atoms with Crippen molar-refractivity contribution in [3.05, 3.63) is 114 Å². The number of aryl methyl sites for hydroxylation is 1. The largest absolute Gasteiger partial charge is 0.207 e. The minimum atomic E-state index is -0.187. The van der Waals surface area contributed by atoms with E-state index in [1.807, 2.05) is 37.3 Å². The van der Waals surface area contributed by atoms with Crippen LogP contribution >= 0.6 is 0 Å². The molecule has 0 radical (unpaired) electrons. The van der Waals surface area contributed by atoms with Gasteiger partial charge in [-0.2, -0.15) is 5.26 Å². The molecule has 0 aliphatic rings. The molecule has 184 valence electrons. The molecule has 2 unspecified atom stereocenters. The van der Waals surface area contributed by atoms with Crippen molar-refractivity contribution >= 4 is 5.57 Å². The first-order chi connectivity index (χ1) is 16.9. The number of nitrogens with zero attached hydrogens (tertiary/aromatic N) is 1. The summed E-state index contributed by atoms with van der Waals surface area (Å²) in [6, 6.07) is 16.8. The third-order valence-electron chi connectivity index (χ3n) is 6.62. The lowest BCUT2D eigenvalue weighted by atomic mass is 9.82. The van der Waals surface area contributed by atoms with Gasteiger partial charge in [0.15, 0.2) is 0 Å². The van der Waals surface area contributed by atoms with Gasteiger partial charge in [0, 0.05) is 5.92 Å². The van der Waals surface area contributed by atoms with E-state index in [0.717, 1.165) is 48.0 Å². The monoisotopic (exact) mass is 469 g/mol. The summed E-state index contributed by atoms with van der Waals surface area (Å²) in [5.74, 6) is 0.637. The maximum atomic E-state index is 13.5. The molecule has 2 aromatic rings. The molecule has 0 saturated heterocycles. The maximum Gasteiger partial charge on any atom is 0.123 e. The van der Waals surface area contributed by atoms with Crippen molar-refractivity contribution in [2.24, 2.45) is 11.8 Å². The van der Waals surface area contributed by atoms with Gasteiger partial charge in [-0.3, -0.25) is 0 Å². The molecular formula is C33H40FN. The second-order valence-corrected chi connectivity index (χ2v) is 9.54. The zero-order chi connectivity index (χ0) is 25.6. The Labute approximate surface area is 212 Å². The SMILES string of the molecule is C=CC(CC(C)CCCC)/C(=C/C=C(\C)c1ccccc1C#N)C(=C)CCCc1cccc(F)c1. The molecular weight excluding hydrogens is 429 g/mol. The normalized spacial score (nSPS) is 13.7. The number of benzene rings is 2. The van der Waals surface area contributed by atoms with E-state index < -0.39 is 0 Å². The summed E-state index contributed by atoms with van der Waals surface area (Å²) in [6.07, 6.45) is 13.6. The van der Waals surface area contributed by atoms with Gasteiger partial charge >= 0.3 is 0 Å². The Hall–Kier alpha value is -3.18. The average molecular weight is 470 g/mol. The molecule has 0 heterocycles. The van der Waals surface area contributed by atoms with Crippen molar-refractivity contribution in [2.45, 2.75) is 65.7 Å². The number of nitriles is 1. The van der Waals surface area contributed by atoms with Crippen molar-refractivity contribution < 1.29 is 4.39 Å². The number of allylic oxidation sites excluding steroid dienone is 6. The van der Waals surface area contributed by atoms with E-state index in [9.17, 15) is 9.65 Å². The fourth-order valence-corrected chi connectivity index (χ4v) is 4.53. The van der Waals surface area contributed by atoms with E-state index in [1.54, 1.807) is 12.1 Å². The van der Waals surface area contributed by atoms with Crippen LogP contribution in [0.5, 0.6) is 0 Å². The predicted octanol–water partition coefficient (Wildman–Crippen LogP) is 9.62. The summed E-state index contributed by atoms with van der Waals surface area (Å²) < 4.78 is 13.5. The highest BCUT2D eigenvalue weighted by atomic mass is 19.1. The summed E-state index contributed by atoms with van der Waals surface area (Å²) in [5.41, 5.74) is 6.00. The van der Waals surface area contributed by atoms with Crippen LogP contribution in [0.1, 0.15) is 76.0 Å². The number of rotatable bonds is 14. The van der Waals surface area contributed by atoms with Crippen molar-refractivity contribution in [1.82, 2.24) is 0 Å². The van der Waals surface area contributed by atoms with Gasteiger partial charge in [-0.1, -0.05) is 93.8 Å². The van der Waals surface area contributed by atoms with Gasteiger partial charge in [-0.05, 0) is 79.0 Å². The predicted molar refractivity (Wildman–Crippen MR) is 148 cm³/mol. The van der Waals surface area contributed by atoms with Crippen LogP contribution in [-0.2, 0) is 6.42 Å². The maximum absolute atomic E-state index is 13.5. The Morgan fingerprint density at radius 3 is 2.57 bits per heavy atom. The molecule has 2 rings (SSSR count). The highest BCUT2D eigenvalue weighted by Crippen LogP contribution is 2.31. The summed E-state index contributed by atoms with van der Waals surface area (Å²) in [4.78, 5) is 0. The van der Waals surface area contributed by atoms with Gasteiger partial charge in [0.1, 0.15) is 5.82 Å². The van der Waals surface area contributed by atoms with Gasteiger partial charge in [0.05, 0.1) is 11.6 Å². The number of unbranched alkanes of at least 4 members (excludes halogenated alkanes) is 1. The Balaban J connectivity index is 2.26. The lowest BCUT2D eigenvalue weighted by Crippen LogP contribution is -2.09. The third-order valence-corrected chi connectivity index (χ3v) is 6.62. The number of hydrogen-bond donors (Lipinski definition) is 0. The Morgan fingerprint density at radius 1 is 1.11 bits per heavy atom. The van der Waals surface area contributed by atoms with Crippen LogP contribution in [-0.4, -0.2) is 0 Å². The van der Waals surface area contributed by atoms with Crippen molar-refractivity contribution in [2.75, 3.05) is 0 Å². The topological polar surface area (TPSA) is 23.8 Å². The Morgan fingerprint density at radius 2 is 1.89 bits per heavy atom. The summed E-state index contributed by atoms with van der Waals surface area (Å²) in [5, 5.41) is 9.49. The van der Waals surface area contributed by atoms with Crippen LogP contribution in [0.15, 0.2) is 91.1 Å². The van der Waals surface area contributed by atoms with E-state index in [0.29, 0.717) is 11.5 Å². The minimum absolute atomic E-state index is 0.187. The average Bonchev–Trinajstić information content (AvgIpc) is 2.86. The minimum Gasteiger partial charge on any atom is -0.207 e. The molecule has 0 aliphatic heterocycles. The quantitative estimate of drug-likeness (QED) is 0.199. The van der Waals surface area contributed by atoms with E-state index in [4.69, 9.17) is 0 Å². The molecule has 0 aromatic heterocycles. The van der Waals surface area contributed by atoms with Crippen LogP contribution in [0.25, 0.3) is 5.57 Å². The molecule has 2 aromatic carbocycles. The van der Waals surface area contributed by atoms with Gasteiger partial charge in [0.25, 0.3) is 0 Å². The molecule has 0 spiro atoms. The molecule has 0 fully saturated rings. The molecule has 35 heavy (non-hydrogen) atoms. The first kappa shape index (κ1) is 28.1. The van der Waals surface area contributed by atoms with Gasteiger partial charge < -0.3 is 0 Å². The van der Waals surface area contributed by atoms with Crippen LogP contribution in [0.2, 0.25) is 0 Å². The molecule has 0 aliphatic carbocycles. The molecule has 0 bridgehead atoms. The van der Waals surface area contributed by atoms with Gasteiger partial charge in [-0.15, -0.1) is 6.58 Å². The fraction of sp³-hybridized carbons (Fsp3) is 0.364. The van der Waals surface area contributed by atoms with Crippen molar-refractivity contribution in [3.8, 4) is 6.07 Å². The highest BCUT2D eigenvalue weighted by molar-refractivity contribution is 5.70. The molecule has 0 N–H and O–H groups in total. The van der Waals surface area contributed by atoms with Crippen molar-refractivity contribution in [1.29, 1.82) is 5.26 Å². The molecule has 2 heteroatoms.